The lowest BCUT2D eigenvalue weighted by atomic mass is 9.85. The number of hydrogen-bond acceptors (Lipinski definition) is 6. The molecule has 3 heterocycles. The second kappa shape index (κ2) is 10.8. The predicted octanol–water partition coefficient (Wildman–Crippen LogP) is 3.16. The zero-order valence-corrected chi connectivity index (χ0v) is 21.4. The average molecular weight is 484 g/mol. The number of furan rings is 1. The third kappa shape index (κ3) is 5.34. The monoisotopic (exact) mass is 483 g/mol. The van der Waals surface area contributed by atoms with Gasteiger partial charge in [-0.3, -0.25) is 14.4 Å². The van der Waals surface area contributed by atoms with Gasteiger partial charge in [-0.05, 0) is 44.2 Å². The molecule has 5 rings (SSSR count). The summed E-state index contributed by atoms with van der Waals surface area (Å²) in [5, 5.41) is 8.65. The molecule has 8 heteroatoms. The van der Waals surface area contributed by atoms with Crippen LogP contribution in [0.15, 0.2) is 22.8 Å². The van der Waals surface area contributed by atoms with Crippen LogP contribution in [0.1, 0.15) is 72.5 Å². The quantitative estimate of drug-likeness (QED) is 0.610. The van der Waals surface area contributed by atoms with E-state index in [0.717, 1.165) is 63.4 Å². The number of amides is 1. The first-order valence-corrected chi connectivity index (χ1v) is 13.4. The van der Waals surface area contributed by atoms with Gasteiger partial charge in [0.05, 0.1) is 26.0 Å². The summed E-state index contributed by atoms with van der Waals surface area (Å²) < 4.78 is 13.0. The summed E-state index contributed by atoms with van der Waals surface area (Å²) in [6.45, 7) is 5.25. The second-order valence-corrected chi connectivity index (χ2v) is 10.7. The Morgan fingerprint density at radius 2 is 2.00 bits per heavy atom. The minimum atomic E-state index is -0.0348. The maximum Gasteiger partial charge on any atom is 0.274 e. The highest BCUT2D eigenvalue weighted by Crippen LogP contribution is 2.34. The zero-order valence-electron chi connectivity index (χ0n) is 21.4. The minimum absolute atomic E-state index is 0.0348. The first-order chi connectivity index (χ1) is 17.1. The molecule has 3 aliphatic rings. The molecule has 2 aromatic heterocycles. The SMILES string of the molecule is CN(Cc1ccco1)C(=O)c1nn(C)c2c1CC(NCC1(N3CCOCC3)CCCCCC1)CC2. The number of aromatic nitrogens is 2. The van der Waals surface area contributed by atoms with Crippen LogP contribution in [0.25, 0.3) is 0 Å². The molecule has 1 unspecified atom stereocenters. The summed E-state index contributed by atoms with van der Waals surface area (Å²) in [5.41, 5.74) is 3.15. The van der Waals surface area contributed by atoms with Crippen molar-refractivity contribution in [2.45, 2.75) is 75.9 Å². The van der Waals surface area contributed by atoms with Gasteiger partial charge in [0.1, 0.15) is 5.76 Å². The van der Waals surface area contributed by atoms with Gasteiger partial charge in [0.25, 0.3) is 5.91 Å². The number of nitrogens with zero attached hydrogens (tertiary/aromatic N) is 4. The Bertz CT molecular complexity index is 971. The van der Waals surface area contributed by atoms with E-state index in [1.54, 1.807) is 11.2 Å². The van der Waals surface area contributed by atoms with Crippen molar-refractivity contribution >= 4 is 5.91 Å². The van der Waals surface area contributed by atoms with E-state index in [2.05, 4.69) is 15.3 Å². The van der Waals surface area contributed by atoms with E-state index in [1.807, 2.05) is 30.9 Å². The summed E-state index contributed by atoms with van der Waals surface area (Å²) in [5.74, 6) is 0.745. The number of ether oxygens (including phenoxy) is 1. The van der Waals surface area contributed by atoms with Crippen LogP contribution < -0.4 is 5.32 Å². The van der Waals surface area contributed by atoms with E-state index in [4.69, 9.17) is 9.15 Å². The number of carbonyl (C=O) groups is 1. The fourth-order valence-corrected chi connectivity index (χ4v) is 6.39. The fraction of sp³-hybridized carbons (Fsp3) is 0.704. The maximum absolute atomic E-state index is 13.3. The highest BCUT2D eigenvalue weighted by Gasteiger charge is 2.39. The van der Waals surface area contributed by atoms with Gasteiger partial charge in [0, 0.05) is 56.6 Å². The second-order valence-electron chi connectivity index (χ2n) is 10.7. The fourth-order valence-electron chi connectivity index (χ4n) is 6.39. The molecule has 1 saturated heterocycles. The Hall–Kier alpha value is -2.16. The lowest BCUT2D eigenvalue weighted by molar-refractivity contribution is -0.0297. The standard InChI is InChI=1S/C27H41N5O3/c1-30(19-22-8-7-15-35-22)26(33)25-23-18-21(9-10-24(23)31(2)29-25)28-20-27(11-5-3-4-6-12-27)32-13-16-34-17-14-32/h7-8,15,21,28H,3-6,9-14,16-20H2,1-2H3. The number of hydrogen-bond donors (Lipinski definition) is 1. The van der Waals surface area contributed by atoms with Gasteiger partial charge in [-0.25, -0.2) is 0 Å². The van der Waals surface area contributed by atoms with E-state index < -0.39 is 0 Å². The predicted molar refractivity (Wildman–Crippen MR) is 134 cm³/mol. The van der Waals surface area contributed by atoms with E-state index in [1.165, 1.54) is 44.2 Å². The van der Waals surface area contributed by atoms with Crippen LogP contribution in [0.4, 0.5) is 0 Å². The van der Waals surface area contributed by atoms with Crippen LogP contribution in [0.3, 0.4) is 0 Å². The summed E-state index contributed by atoms with van der Waals surface area (Å²) in [7, 11) is 3.79. The molecule has 1 amide bonds. The number of morpholine rings is 1. The highest BCUT2D eigenvalue weighted by atomic mass is 16.5. The van der Waals surface area contributed by atoms with Crippen molar-refractivity contribution in [3.05, 3.63) is 41.1 Å². The molecule has 35 heavy (non-hydrogen) atoms. The van der Waals surface area contributed by atoms with Gasteiger partial charge < -0.3 is 19.4 Å². The van der Waals surface area contributed by atoms with E-state index in [9.17, 15) is 4.79 Å². The lowest BCUT2D eigenvalue weighted by Crippen LogP contribution is -2.59. The van der Waals surface area contributed by atoms with E-state index in [-0.39, 0.29) is 11.4 Å². The van der Waals surface area contributed by atoms with Crippen LogP contribution in [0, 0.1) is 0 Å². The number of carbonyl (C=O) groups excluding carboxylic acids is 1. The first kappa shape index (κ1) is 24.5. The number of fused-ring (bicyclic) bond motifs is 1. The summed E-state index contributed by atoms with van der Waals surface area (Å²) >= 11 is 0. The number of aryl methyl sites for hydroxylation is 1. The molecule has 1 atom stereocenters. The van der Waals surface area contributed by atoms with Crippen molar-refractivity contribution in [1.29, 1.82) is 0 Å². The molecular formula is C27H41N5O3. The molecule has 1 aliphatic heterocycles. The first-order valence-electron chi connectivity index (χ1n) is 13.4. The van der Waals surface area contributed by atoms with Crippen LogP contribution in [-0.4, -0.2) is 77.0 Å². The van der Waals surface area contributed by atoms with Gasteiger partial charge >= 0.3 is 0 Å². The summed E-state index contributed by atoms with van der Waals surface area (Å²) in [6.07, 6.45) is 12.4. The third-order valence-electron chi connectivity index (χ3n) is 8.41. The van der Waals surface area contributed by atoms with Crippen LogP contribution >= 0.6 is 0 Å². The van der Waals surface area contributed by atoms with Gasteiger partial charge in [-0.2, -0.15) is 5.10 Å². The molecule has 2 aliphatic carbocycles. The Kier molecular flexibility index (Phi) is 7.60. The summed E-state index contributed by atoms with van der Waals surface area (Å²) in [4.78, 5) is 17.8. The summed E-state index contributed by atoms with van der Waals surface area (Å²) in [6, 6.07) is 4.12. The molecule has 1 saturated carbocycles. The van der Waals surface area contributed by atoms with Gasteiger partial charge in [0.15, 0.2) is 5.69 Å². The lowest BCUT2D eigenvalue weighted by Gasteiger charge is -2.46. The molecular weight excluding hydrogens is 442 g/mol. The molecule has 0 bridgehead atoms. The normalized spacial score (nSPS) is 23.0. The molecule has 2 fully saturated rings. The van der Waals surface area contributed by atoms with Crippen LogP contribution in [-0.2, 0) is 31.2 Å². The Morgan fingerprint density at radius 1 is 1.23 bits per heavy atom. The van der Waals surface area contributed by atoms with Crippen molar-refractivity contribution in [1.82, 2.24) is 24.9 Å². The van der Waals surface area contributed by atoms with Crippen LogP contribution in [0.5, 0.6) is 0 Å². The highest BCUT2D eigenvalue weighted by molar-refractivity contribution is 5.94. The Labute approximate surface area is 209 Å². The number of nitrogens with one attached hydrogen (secondary N) is 1. The van der Waals surface area contributed by atoms with Gasteiger partial charge in [-0.1, -0.05) is 25.7 Å². The molecule has 8 nitrogen and oxygen atoms in total. The molecule has 0 aromatic carbocycles. The maximum atomic E-state index is 13.3. The third-order valence-corrected chi connectivity index (χ3v) is 8.41. The molecule has 0 spiro atoms. The number of rotatable bonds is 7. The van der Waals surface area contributed by atoms with Crippen molar-refractivity contribution in [3.8, 4) is 0 Å². The topological polar surface area (TPSA) is 75.8 Å². The largest absolute Gasteiger partial charge is 0.467 e. The molecule has 2 aromatic rings. The molecule has 0 radical (unpaired) electrons. The van der Waals surface area contributed by atoms with E-state index >= 15 is 0 Å². The Balaban J connectivity index is 1.28. The molecule has 1 N–H and O–H groups in total. The van der Waals surface area contributed by atoms with Crippen molar-refractivity contribution in [3.63, 3.8) is 0 Å². The van der Waals surface area contributed by atoms with E-state index in [0.29, 0.717) is 18.3 Å². The van der Waals surface area contributed by atoms with Crippen molar-refractivity contribution in [2.75, 3.05) is 39.9 Å². The van der Waals surface area contributed by atoms with Crippen LogP contribution in [0.2, 0.25) is 0 Å². The molecule has 192 valence electrons. The zero-order chi connectivity index (χ0) is 24.3. The van der Waals surface area contributed by atoms with Gasteiger partial charge in [-0.15, -0.1) is 0 Å². The van der Waals surface area contributed by atoms with Gasteiger partial charge in [0.2, 0.25) is 0 Å². The minimum Gasteiger partial charge on any atom is -0.467 e. The Morgan fingerprint density at radius 3 is 2.71 bits per heavy atom. The smallest absolute Gasteiger partial charge is 0.274 e. The van der Waals surface area contributed by atoms with Crippen molar-refractivity contribution in [2.24, 2.45) is 7.05 Å². The van der Waals surface area contributed by atoms with Crippen molar-refractivity contribution < 1.29 is 13.9 Å². The average Bonchev–Trinajstić information content (AvgIpc) is 3.43.